The van der Waals surface area contributed by atoms with Crippen molar-refractivity contribution in [2.24, 2.45) is 5.92 Å². The molecule has 1 aliphatic rings. The van der Waals surface area contributed by atoms with Crippen molar-refractivity contribution in [3.63, 3.8) is 0 Å². The van der Waals surface area contributed by atoms with Crippen molar-refractivity contribution in [2.75, 3.05) is 13.2 Å². The zero-order valence-corrected chi connectivity index (χ0v) is 13.9. The Morgan fingerprint density at radius 1 is 1.30 bits per heavy atom. The minimum atomic E-state index is 0.316. The average Bonchev–Trinajstić information content (AvgIpc) is 2.39. The summed E-state index contributed by atoms with van der Waals surface area (Å²) in [5.74, 6) is 1.33. The molecule has 1 unspecified atom stereocenters. The maximum atomic E-state index is 9.09. The van der Waals surface area contributed by atoms with Crippen molar-refractivity contribution in [3.8, 4) is 0 Å². The monoisotopic (exact) mass is 339 g/mol. The van der Waals surface area contributed by atoms with E-state index < -0.39 is 0 Å². The van der Waals surface area contributed by atoms with Crippen LogP contribution in [0.4, 0.5) is 0 Å². The third-order valence-electron chi connectivity index (χ3n) is 4.41. The van der Waals surface area contributed by atoms with Crippen LogP contribution in [0.2, 0.25) is 0 Å². The Bertz CT molecular complexity index is 398. The predicted molar refractivity (Wildman–Crippen MR) is 88.0 cm³/mol. The van der Waals surface area contributed by atoms with Crippen LogP contribution >= 0.6 is 15.9 Å². The van der Waals surface area contributed by atoms with Gasteiger partial charge in [-0.15, -0.1) is 0 Å². The van der Waals surface area contributed by atoms with Crippen LogP contribution in [0.3, 0.4) is 0 Å². The Hall–Kier alpha value is -0.380. The van der Waals surface area contributed by atoms with E-state index >= 15 is 0 Å². The van der Waals surface area contributed by atoms with Crippen LogP contribution in [0, 0.1) is 5.92 Å². The summed E-state index contributed by atoms with van der Waals surface area (Å²) < 4.78 is 1.24. The van der Waals surface area contributed by atoms with Crippen molar-refractivity contribution in [1.29, 1.82) is 0 Å². The van der Waals surface area contributed by atoms with Gasteiger partial charge in [-0.25, -0.2) is 0 Å². The SMILES string of the molecule is CCCC(CCO)CNC1CC(c2ccccc2Br)C1. The first kappa shape index (κ1) is 16.0. The van der Waals surface area contributed by atoms with E-state index in [0.717, 1.165) is 13.0 Å². The third kappa shape index (κ3) is 4.31. The molecule has 0 aliphatic heterocycles. The van der Waals surface area contributed by atoms with Gasteiger partial charge in [-0.2, -0.15) is 0 Å². The van der Waals surface area contributed by atoms with E-state index in [9.17, 15) is 0 Å². The molecule has 0 spiro atoms. The minimum absolute atomic E-state index is 0.316. The Balaban J connectivity index is 1.72. The lowest BCUT2D eigenvalue weighted by Gasteiger charge is -2.37. The van der Waals surface area contributed by atoms with E-state index in [1.807, 2.05) is 0 Å². The molecule has 2 N–H and O–H groups in total. The highest BCUT2D eigenvalue weighted by atomic mass is 79.9. The molecule has 0 saturated heterocycles. The first-order valence-corrected chi connectivity index (χ1v) is 8.62. The van der Waals surface area contributed by atoms with Crippen LogP contribution in [-0.2, 0) is 0 Å². The van der Waals surface area contributed by atoms with Crippen LogP contribution < -0.4 is 5.32 Å². The van der Waals surface area contributed by atoms with E-state index in [0.29, 0.717) is 24.5 Å². The van der Waals surface area contributed by atoms with Gasteiger partial charge >= 0.3 is 0 Å². The minimum Gasteiger partial charge on any atom is -0.396 e. The molecule has 1 fully saturated rings. The molecule has 1 saturated carbocycles. The van der Waals surface area contributed by atoms with Gasteiger partial charge in [0.05, 0.1) is 0 Å². The summed E-state index contributed by atoms with van der Waals surface area (Å²) in [7, 11) is 0. The summed E-state index contributed by atoms with van der Waals surface area (Å²) in [4.78, 5) is 0. The highest BCUT2D eigenvalue weighted by Gasteiger charge is 2.31. The van der Waals surface area contributed by atoms with Gasteiger partial charge in [-0.3, -0.25) is 0 Å². The number of hydrogen-bond acceptors (Lipinski definition) is 2. The summed E-state index contributed by atoms with van der Waals surface area (Å²) in [6.07, 6.45) is 5.83. The molecule has 0 radical (unpaired) electrons. The molecule has 2 rings (SSSR count). The van der Waals surface area contributed by atoms with Crippen molar-refractivity contribution in [3.05, 3.63) is 34.3 Å². The third-order valence-corrected chi connectivity index (χ3v) is 5.13. The van der Waals surface area contributed by atoms with Crippen LogP contribution in [0.25, 0.3) is 0 Å². The molecule has 0 bridgehead atoms. The molecule has 1 aliphatic carbocycles. The molecule has 2 nitrogen and oxygen atoms in total. The molecule has 1 aromatic rings. The Labute approximate surface area is 131 Å². The van der Waals surface area contributed by atoms with Gasteiger partial charge in [0.15, 0.2) is 0 Å². The number of halogens is 1. The second kappa shape index (κ2) is 8.16. The summed E-state index contributed by atoms with van der Waals surface area (Å²) >= 11 is 3.65. The lowest BCUT2D eigenvalue weighted by molar-refractivity contribution is 0.228. The highest BCUT2D eigenvalue weighted by Crippen LogP contribution is 2.40. The molecular formula is C17H26BrNO. The lowest BCUT2D eigenvalue weighted by atomic mass is 9.75. The predicted octanol–water partition coefficient (Wildman–Crippen LogP) is 4.08. The Morgan fingerprint density at radius 2 is 2.05 bits per heavy atom. The van der Waals surface area contributed by atoms with E-state index in [-0.39, 0.29) is 0 Å². The number of aliphatic hydroxyl groups excluding tert-OH is 1. The molecule has 3 heteroatoms. The van der Waals surface area contributed by atoms with Gasteiger partial charge in [0, 0.05) is 17.1 Å². The van der Waals surface area contributed by atoms with Crippen molar-refractivity contribution in [2.45, 2.75) is 51.0 Å². The molecule has 112 valence electrons. The molecule has 1 atom stereocenters. The average molecular weight is 340 g/mol. The molecule has 20 heavy (non-hydrogen) atoms. The maximum Gasteiger partial charge on any atom is 0.0434 e. The van der Waals surface area contributed by atoms with Crippen LogP contribution in [-0.4, -0.2) is 24.3 Å². The van der Waals surface area contributed by atoms with Crippen molar-refractivity contribution in [1.82, 2.24) is 5.32 Å². The highest BCUT2D eigenvalue weighted by molar-refractivity contribution is 9.10. The quantitative estimate of drug-likeness (QED) is 0.747. The van der Waals surface area contributed by atoms with E-state index in [4.69, 9.17) is 5.11 Å². The lowest BCUT2D eigenvalue weighted by Crippen LogP contribution is -2.42. The summed E-state index contributed by atoms with van der Waals surface area (Å²) in [6, 6.07) is 9.22. The van der Waals surface area contributed by atoms with Crippen LogP contribution in [0.1, 0.15) is 50.5 Å². The number of benzene rings is 1. The molecule has 1 aromatic carbocycles. The van der Waals surface area contributed by atoms with Gasteiger partial charge in [-0.05, 0) is 55.7 Å². The zero-order valence-electron chi connectivity index (χ0n) is 12.3. The van der Waals surface area contributed by atoms with Gasteiger partial charge in [0.1, 0.15) is 0 Å². The Morgan fingerprint density at radius 3 is 2.70 bits per heavy atom. The zero-order chi connectivity index (χ0) is 14.4. The fourth-order valence-corrected chi connectivity index (χ4v) is 3.73. The molecule has 0 amide bonds. The maximum absolute atomic E-state index is 9.09. The number of aliphatic hydroxyl groups is 1. The van der Waals surface area contributed by atoms with E-state index in [2.05, 4.69) is 52.4 Å². The van der Waals surface area contributed by atoms with Crippen molar-refractivity contribution < 1.29 is 5.11 Å². The number of rotatable bonds is 8. The second-order valence-corrected chi connectivity index (χ2v) is 6.82. The van der Waals surface area contributed by atoms with Gasteiger partial charge in [0.25, 0.3) is 0 Å². The number of hydrogen-bond donors (Lipinski definition) is 2. The Kier molecular flexibility index (Phi) is 6.53. The summed E-state index contributed by atoms with van der Waals surface area (Å²) in [5.41, 5.74) is 1.45. The second-order valence-electron chi connectivity index (χ2n) is 5.96. The first-order chi connectivity index (χ1) is 9.74. The first-order valence-electron chi connectivity index (χ1n) is 7.83. The largest absolute Gasteiger partial charge is 0.396 e. The van der Waals surface area contributed by atoms with Gasteiger partial charge < -0.3 is 10.4 Å². The van der Waals surface area contributed by atoms with Crippen molar-refractivity contribution >= 4 is 15.9 Å². The normalized spacial score (nSPS) is 23.4. The summed E-state index contributed by atoms with van der Waals surface area (Å²) in [6.45, 7) is 3.59. The van der Waals surface area contributed by atoms with Gasteiger partial charge in [0.2, 0.25) is 0 Å². The van der Waals surface area contributed by atoms with Gasteiger partial charge in [-0.1, -0.05) is 47.5 Å². The molecule has 0 heterocycles. The molecular weight excluding hydrogens is 314 g/mol. The standard InChI is InChI=1S/C17H26BrNO/c1-2-5-13(8-9-20)12-19-15-10-14(11-15)16-6-3-4-7-17(16)18/h3-4,6-7,13-15,19-20H,2,5,8-12H2,1H3. The fourth-order valence-electron chi connectivity index (χ4n) is 3.12. The number of nitrogens with one attached hydrogen (secondary N) is 1. The van der Waals surface area contributed by atoms with Crippen LogP contribution in [0.5, 0.6) is 0 Å². The van der Waals surface area contributed by atoms with E-state index in [1.165, 1.54) is 35.7 Å². The smallest absolute Gasteiger partial charge is 0.0434 e. The fraction of sp³-hybridized carbons (Fsp3) is 0.647. The summed E-state index contributed by atoms with van der Waals surface area (Å²) in [5, 5.41) is 12.8. The topological polar surface area (TPSA) is 32.3 Å². The van der Waals surface area contributed by atoms with Crippen LogP contribution in [0.15, 0.2) is 28.7 Å². The molecule has 0 aromatic heterocycles. The van der Waals surface area contributed by atoms with E-state index in [1.54, 1.807) is 0 Å².